The number of ketones is 1. The third-order valence-corrected chi connectivity index (χ3v) is 4.72. The van der Waals surface area contributed by atoms with Gasteiger partial charge in [0.05, 0.1) is 0 Å². The first-order valence-electron chi connectivity index (χ1n) is 10.0. The first kappa shape index (κ1) is 22.5. The smallest absolute Gasteiger partial charge is 0.156 e. The number of hydrogen-bond acceptors (Lipinski definition) is 1. The lowest BCUT2D eigenvalue weighted by atomic mass is 9.41. The molecule has 0 saturated carbocycles. The van der Waals surface area contributed by atoms with Crippen LogP contribution < -0.4 is 0 Å². The molecule has 0 radical (unpaired) electrons. The maximum absolute atomic E-state index is 11.0. The van der Waals surface area contributed by atoms with Crippen LogP contribution in [0.3, 0.4) is 0 Å². The molecule has 0 heterocycles. The van der Waals surface area contributed by atoms with E-state index >= 15 is 0 Å². The van der Waals surface area contributed by atoms with Gasteiger partial charge >= 0.3 is 0 Å². The van der Waals surface area contributed by atoms with Gasteiger partial charge in [-0.25, -0.2) is 0 Å². The number of allylic oxidation sites excluding steroid dienone is 2. The zero-order chi connectivity index (χ0) is 17.7. The topological polar surface area (TPSA) is 17.1 Å². The molecule has 0 aliphatic heterocycles. The van der Waals surface area contributed by atoms with E-state index in [0.717, 1.165) is 13.1 Å². The van der Waals surface area contributed by atoms with Crippen molar-refractivity contribution < 1.29 is 4.79 Å². The fourth-order valence-corrected chi connectivity index (χ4v) is 3.58. The van der Waals surface area contributed by atoms with Gasteiger partial charge in [-0.15, -0.1) is 0 Å². The molecule has 1 aliphatic rings. The second kappa shape index (κ2) is 12.8. The fraction of sp³-hybridized carbons (Fsp3) is 0.857. The molecule has 0 spiro atoms. The van der Waals surface area contributed by atoms with E-state index in [-0.39, 0.29) is 11.2 Å². The molecule has 0 bridgehead atoms. The van der Waals surface area contributed by atoms with Gasteiger partial charge in [-0.1, -0.05) is 97.7 Å². The summed E-state index contributed by atoms with van der Waals surface area (Å²) in [5.41, 5.74) is 1.43. The van der Waals surface area contributed by atoms with Gasteiger partial charge in [-0.3, -0.25) is 4.79 Å². The Bertz CT molecular complexity index is 325. The average Bonchev–Trinajstić information content (AvgIpc) is 2.44. The molecule has 2 heteroatoms. The van der Waals surface area contributed by atoms with Crippen molar-refractivity contribution in [3.05, 3.63) is 11.6 Å². The molecule has 0 unspecified atom stereocenters. The van der Waals surface area contributed by atoms with Gasteiger partial charge in [-0.2, -0.15) is 0 Å². The number of rotatable bonds is 9. The zero-order valence-corrected chi connectivity index (χ0v) is 16.8. The van der Waals surface area contributed by atoms with Crippen molar-refractivity contribution in [3.8, 4) is 0 Å². The van der Waals surface area contributed by atoms with Gasteiger partial charge in [0.2, 0.25) is 0 Å². The standard InChI is InChI=1S/C12H27B.C9H14O/c1-4-7-10-13(11-8-5-2)12-9-6-3;1-7-4-8(10)6-9(2,3)5-7/h4-12H2,1-3H3;4H,5-6H2,1-3H3. The maximum Gasteiger partial charge on any atom is 0.156 e. The lowest BCUT2D eigenvalue weighted by Gasteiger charge is -2.27. The van der Waals surface area contributed by atoms with Gasteiger partial charge in [0.15, 0.2) is 5.78 Å². The summed E-state index contributed by atoms with van der Waals surface area (Å²) < 4.78 is 0. The predicted octanol–water partition coefficient (Wildman–Crippen LogP) is 7.20. The van der Waals surface area contributed by atoms with Crippen LogP contribution in [0.25, 0.3) is 0 Å². The molecule has 0 atom stereocenters. The lowest BCUT2D eigenvalue weighted by Crippen LogP contribution is -2.20. The second-order valence-electron chi connectivity index (χ2n) is 8.27. The second-order valence-corrected chi connectivity index (χ2v) is 8.27. The zero-order valence-electron chi connectivity index (χ0n) is 16.8. The number of unbranched alkanes of at least 4 members (excludes halogenated alkanes) is 3. The number of carbonyl (C=O) groups is 1. The Kier molecular flexibility index (Phi) is 12.6. The Morgan fingerprint density at radius 1 is 0.913 bits per heavy atom. The molecule has 1 nitrogen and oxygen atoms in total. The van der Waals surface area contributed by atoms with Crippen LogP contribution in [0.2, 0.25) is 19.0 Å². The van der Waals surface area contributed by atoms with Crippen molar-refractivity contribution in [2.45, 2.75) is 112 Å². The highest BCUT2D eigenvalue weighted by Crippen LogP contribution is 2.32. The first-order valence-corrected chi connectivity index (χ1v) is 10.0. The van der Waals surface area contributed by atoms with E-state index in [1.165, 1.54) is 63.1 Å². The van der Waals surface area contributed by atoms with E-state index in [2.05, 4.69) is 34.6 Å². The SMILES string of the molecule is CC1=CC(=O)CC(C)(C)C1.CCCCB(CCCC)CCCC. The van der Waals surface area contributed by atoms with Gasteiger partial charge in [-0.05, 0) is 24.8 Å². The molecule has 1 aliphatic carbocycles. The van der Waals surface area contributed by atoms with Crippen molar-refractivity contribution >= 4 is 12.5 Å². The molecule has 0 fully saturated rings. The molecule has 0 aromatic rings. The molecule has 0 saturated heterocycles. The molecular formula is C21H41BO. The summed E-state index contributed by atoms with van der Waals surface area (Å²) in [6.45, 7) is 14.3. The van der Waals surface area contributed by atoms with E-state index in [9.17, 15) is 4.79 Å². The Labute approximate surface area is 146 Å². The highest BCUT2D eigenvalue weighted by molar-refractivity contribution is 6.58. The van der Waals surface area contributed by atoms with E-state index in [4.69, 9.17) is 0 Å². The highest BCUT2D eigenvalue weighted by atomic mass is 16.1. The summed E-state index contributed by atoms with van der Waals surface area (Å²) >= 11 is 0. The number of carbonyl (C=O) groups excluding carboxylic acids is 1. The third kappa shape index (κ3) is 12.6. The van der Waals surface area contributed by atoms with E-state index < -0.39 is 0 Å². The van der Waals surface area contributed by atoms with Crippen LogP contribution in [0.5, 0.6) is 0 Å². The van der Waals surface area contributed by atoms with Crippen LogP contribution in [-0.4, -0.2) is 12.5 Å². The predicted molar refractivity (Wildman–Crippen MR) is 107 cm³/mol. The van der Waals surface area contributed by atoms with Crippen LogP contribution >= 0.6 is 0 Å². The van der Waals surface area contributed by atoms with E-state index in [1.54, 1.807) is 6.08 Å². The number of hydrogen-bond donors (Lipinski definition) is 0. The highest BCUT2D eigenvalue weighted by Gasteiger charge is 2.25. The quantitative estimate of drug-likeness (QED) is 0.410. The molecule has 1 rings (SSSR count). The largest absolute Gasteiger partial charge is 0.295 e. The molecular weight excluding hydrogens is 279 g/mol. The van der Waals surface area contributed by atoms with Crippen LogP contribution in [0.15, 0.2) is 11.6 Å². The van der Waals surface area contributed by atoms with Crippen LogP contribution in [0.1, 0.15) is 92.9 Å². The van der Waals surface area contributed by atoms with Gasteiger partial charge in [0.25, 0.3) is 0 Å². The summed E-state index contributed by atoms with van der Waals surface area (Å²) in [6.07, 6.45) is 16.4. The average molecular weight is 320 g/mol. The summed E-state index contributed by atoms with van der Waals surface area (Å²) in [5.74, 6) is 0.286. The Morgan fingerprint density at radius 2 is 1.35 bits per heavy atom. The van der Waals surface area contributed by atoms with Gasteiger partial charge < -0.3 is 0 Å². The molecule has 0 aromatic carbocycles. The molecule has 0 amide bonds. The maximum atomic E-state index is 11.0. The van der Waals surface area contributed by atoms with Crippen molar-refractivity contribution in [2.24, 2.45) is 5.41 Å². The summed E-state index contributed by atoms with van der Waals surface area (Å²) in [6, 6.07) is 0. The Morgan fingerprint density at radius 3 is 1.65 bits per heavy atom. The molecule has 134 valence electrons. The third-order valence-electron chi connectivity index (χ3n) is 4.72. The minimum absolute atomic E-state index is 0.204. The van der Waals surface area contributed by atoms with Crippen LogP contribution in [-0.2, 0) is 4.79 Å². The molecule has 0 N–H and O–H groups in total. The summed E-state index contributed by atoms with van der Waals surface area (Å²) in [5, 5.41) is 0. The van der Waals surface area contributed by atoms with E-state index in [0.29, 0.717) is 6.42 Å². The minimum Gasteiger partial charge on any atom is -0.295 e. The molecule has 0 aromatic heterocycles. The van der Waals surface area contributed by atoms with Crippen molar-refractivity contribution in [1.29, 1.82) is 0 Å². The van der Waals surface area contributed by atoms with Crippen LogP contribution in [0, 0.1) is 5.41 Å². The normalized spacial score (nSPS) is 16.4. The van der Waals surface area contributed by atoms with Gasteiger partial charge in [0, 0.05) is 6.42 Å². The first-order chi connectivity index (χ1) is 10.8. The van der Waals surface area contributed by atoms with E-state index in [1.807, 2.05) is 6.92 Å². The van der Waals surface area contributed by atoms with Crippen molar-refractivity contribution in [3.63, 3.8) is 0 Å². The van der Waals surface area contributed by atoms with Crippen LogP contribution in [0.4, 0.5) is 0 Å². The Hall–Kier alpha value is -0.525. The van der Waals surface area contributed by atoms with Crippen molar-refractivity contribution in [1.82, 2.24) is 0 Å². The lowest BCUT2D eigenvalue weighted by molar-refractivity contribution is -0.117. The van der Waals surface area contributed by atoms with Crippen molar-refractivity contribution in [2.75, 3.05) is 0 Å². The van der Waals surface area contributed by atoms with Gasteiger partial charge in [0.1, 0.15) is 6.71 Å². The monoisotopic (exact) mass is 320 g/mol. The fourth-order valence-electron chi connectivity index (χ4n) is 3.58. The Balaban J connectivity index is 0.000000433. The summed E-state index contributed by atoms with van der Waals surface area (Å²) in [7, 11) is 0. The molecule has 23 heavy (non-hydrogen) atoms. The summed E-state index contributed by atoms with van der Waals surface area (Å²) in [4.78, 5) is 11.0. The minimum atomic E-state index is 0.204.